The number of aliphatic imine (C=N–C) groups is 1. The van der Waals surface area contributed by atoms with Gasteiger partial charge in [-0.15, -0.1) is 0 Å². The molecule has 0 saturated heterocycles. The Kier molecular flexibility index (Phi) is 5.51. The number of rotatable bonds is 5. The van der Waals surface area contributed by atoms with Crippen molar-refractivity contribution in [1.82, 2.24) is 14.5 Å². The molecule has 7 heteroatoms. The summed E-state index contributed by atoms with van der Waals surface area (Å²) < 4.78 is 7.68. The largest absolute Gasteiger partial charge is 0.497 e. The molecule has 3 aromatic rings. The third-order valence-electron chi connectivity index (χ3n) is 6.15. The van der Waals surface area contributed by atoms with Crippen molar-refractivity contribution in [3.63, 3.8) is 0 Å². The van der Waals surface area contributed by atoms with E-state index >= 15 is 0 Å². The highest BCUT2D eigenvalue weighted by Gasteiger charge is 2.26. The fourth-order valence-corrected chi connectivity index (χ4v) is 5.03. The molecule has 31 heavy (non-hydrogen) atoms. The van der Waals surface area contributed by atoms with Crippen molar-refractivity contribution >= 4 is 34.7 Å². The third-order valence-corrected chi connectivity index (χ3v) is 6.67. The van der Waals surface area contributed by atoms with Gasteiger partial charge in [-0.25, -0.2) is 9.98 Å². The van der Waals surface area contributed by atoms with E-state index in [0.717, 1.165) is 67.4 Å². The third kappa shape index (κ3) is 3.86. The standard InChI is InChI=1S/C24H24Cl2N4O/c1-3-30-14-19(18-6-5-17(31-2)11-21(18)25)20-13-29(9-8-22(20)30)12-16-10-15-4-7-23(26)28-24(15)27-16/h4-7,11,14H,3,8-10,12-13H2,1-2H3. The van der Waals surface area contributed by atoms with Gasteiger partial charge in [-0.05, 0) is 36.8 Å². The molecule has 0 fully saturated rings. The van der Waals surface area contributed by atoms with Gasteiger partial charge in [0.05, 0.1) is 12.1 Å². The van der Waals surface area contributed by atoms with Gasteiger partial charge >= 0.3 is 0 Å². The van der Waals surface area contributed by atoms with E-state index in [1.165, 1.54) is 16.8 Å². The van der Waals surface area contributed by atoms with Crippen molar-refractivity contribution in [1.29, 1.82) is 0 Å². The molecule has 0 unspecified atom stereocenters. The molecule has 0 saturated carbocycles. The van der Waals surface area contributed by atoms with Crippen LogP contribution >= 0.6 is 23.2 Å². The maximum Gasteiger partial charge on any atom is 0.157 e. The van der Waals surface area contributed by atoms with Gasteiger partial charge in [0.2, 0.25) is 0 Å². The minimum absolute atomic E-state index is 0.494. The molecule has 5 rings (SSSR count). The highest BCUT2D eigenvalue weighted by Crippen LogP contribution is 2.38. The van der Waals surface area contributed by atoms with Crippen LogP contribution in [-0.4, -0.2) is 40.4 Å². The number of halogens is 2. The molecule has 5 nitrogen and oxygen atoms in total. The minimum Gasteiger partial charge on any atom is -0.497 e. The van der Waals surface area contributed by atoms with E-state index in [0.29, 0.717) is 10.2 Å². The zero-order valence-corrected chi connectivity index (χ0v) is 19.2. The van der Waals surface area contributed by atoms with Gasteiger partial charge in [0, 0.05) is 73.3 Å². The van der Waals surface area contributed by atoms with Gasteiger partial charge in [0.25, 0.3) is 0 Å². The van der Waals surface area contributed by atoms with Crippen LogP contribution in [0.15, 0.2) is 41.5 Å². The van der Waals surface area contributed by atoms with E-state index in [4.69, 9.17) is 32.9 Å². The number of methoxy groups -OCH3 is 1. The first-order valence-electron chi connectivity index (χ1n) is 10.5. The van der Waals surface area contributed by atoms with Crippen LogP contribution in [0.25, 0.3) is 11.1 Å². The number of fused-ring (bicyclic) bond motifs is 2. The Hall–Kier alpha value is -2.34. The molecule has 0 N–H and O–H groups in total. The van der Waals surface area contributed by atoms with Gasteiger partial charge in [-0.2, -0.15) is 0 Å². The second kappa shape index (κ2) is 8.30. The number of aryl methyl sites for hydroxylation is 1. The summed E-state index contributed by atoms with van der Waals surface area (Å²) in [5.74, 6) is 1.54. The smallest absolute Gasteiger partial charge is 0.157 e. The number of hydrogen-bond acceptors (Lipinski definition) is 4. The molecular formula is C24H24Cl2N4O. The van der Waals surface area contributed by atoms with Crippen LogP contribution in [0.3, 0.4) is 0 Å². The van der Waals surface area contributed by atoms with Crippen molar-refractivity contribution in [3.05, 3.63) is 63.5 Å². The summed E-state index contributed by atoms with van der Waals surface area (Å²) in [5.41, 5.74) is 7.33. The van der Waals surface area contributed by atoms with Crippen molar-refractivity contribution in [2.24, 2.45) is 4.99 Å². The summed E-state index contributed by atoms with van der Waals surface area (Å²) in [4.78, 5) is 11.6. The molecular weight excluding hydrogens is 431 g/mol. The highest BCUT2D eigenvalue weighted by atomic mass is 35.5. The lowest BCUT2D eigenvalue weighted by Crippen LogP contribution is -2.35. The van der Waals surface area contributed by atoms with Crippen LogP contribution < -0.4 is 4.74 Å². The van der Waals surface area contributed by atoms with Crippen LogP contribution in [0.2, 0.25) is 10.2 Å². The van der Waals surface area contributed by atoms with Gasteiger partial charge < -0.3 is 9.30 Å². The molecule has 2 aromatic heterocycles. The first-order chi connectivity index (χ1) is 15.1. The summed E-state index contributed by atoms with van der Waals surface area (Å²) in [6.07, 6.45) is 4.11. The average molecular weight is 455 g/mol. The Morgan fingerprint density at radius 3 is 2.77 bits per heavy atom. The van der Waals surface area contributed by atoms with E-state index in [2.05, 4.69) is 33.6 Å². The summed E-state index contributed by atoms with van der Waals surface area (Å²) in [6, 6.07) is 9.78. The Morgan fingerprint density at radius 1 is 1.13 bits per heavy atom. The summed E-state index contributed by atoms with van der Waals surface area (Å²) in [5, 5.41) is 1.21. The zero-order chi connectivity index (χ0) is 21.5. The van der Waals surface area contributed by atoms with Crippen LogP contribution in [0.1, 0.15) is 23.7 Å². The Balaban J connectivity index is 1.42. The molecule has 160 valence electrons. The number of nitrogens with zero attached hydrogens (tertiary/aromatic N) is 4. The molecule has 0 spiro atoms. The van der Waals surface area contributed by atoms with Gasteiger partial charge in [0.1, 0.15) is 10.9 Å². The van der Waals surface area contributed by atoms with Crippen LogP contribution in [0.5, 0.6) is 5.75 Å². The Bertz CT molecular complexity index is 1180. The van der Waals surface area contributed by atoms with Gasteiger partial charge in [-0.1, -0.05) is 29.3 Å². The lowest BCUT2D eigenvalue weighted by atomic mass is 9.98. The second-order valence-corrected chi connectivity index (χ2v) is 8.83. The minimum atomic E-state index is 0.494. The molecule has 0 bridgehead atoms. The fourth-order valence-electron chi connectivity index (χ4n) is 4.62. The lowest BCUT2D eigenvalue weighted by molar-refractivity contribution is 0.286. The number of benzene rings is 1. The number of ether oxygens (including phenoxy) is 1. The van der Waals surface area contributed by atoms with E-state index in [1.807, 2.05) is 24.3 Å². The zero-order valence-electron chi connectivity index (χ0n) is 17.7. The predicted octanol–water partition coefficient (Wildman–Crippen LogP) is 5.57. The van der Waals surface area contributed by atoms with E-state index in [-0.39, 0.29) is 0 Å². The number of aromatic nitrogens is 2. The van der Waals surface area contributed by atoms with Crippen molar-refractivity contribution in [2.45, 2.75) is 32.9 Å². The van der Waals surface area contributed by atoms with Crippen molar-refractivity contribution < 1.29 is 4.74 Å². The first-order valence-corrected chi connectivity index (χ1v) is 11.3. The first kappa shape index (κ1) is 20.6. The maximum absolute atomic E-state index is 6.64. The average Bonchev–Trinajstić information content (AvgIpc) is 3.33. The van der Waals surface area contributed by atoms with Crippen molar-refractivity contribution in [3.8, 4) is 16.9 Å². The molecule has 2 aliphatic rings. The number of hydrogen-bond donors (Lipinski definition) is 0. The maximum atomic E-state index is 6.64. The topological polar surface area (TPSA) is 42.6 Å². The molecule has 1 aromatic carbocycles. The molecule has 0 aliphatic carbocycles. The predicted molar refractivity (Wildman–Crippen MR) is 126 cm³/mol. The Labute approximate surface area is 192 Å². The molecule has 0 amide bonds. The van der Waals surface area contributed by atoms with E-state index in [9.17, 15) is 0 Å². The summed E-state index contributed by atoms with van der Waals surface area (Å²) in [7, 11) is 1.66. The second-order valence-electron chi connectivity index (χ2n) is 8.03. The lowest BCUT2D eigenvalue weighted by Gasteiger charge is -2.28. The monoisotopic (exact) mass is 454 g/mol. The van der Waals surface area contributed by atoms with Gasteiger partial charge in [0.15, 0.2) is 5.82 Å². The van der Waals surface area contributed by atoms with E-state index < -0.39 is 0 Å². The molecule has 0 atom stereocenters. The number of pyridine rings is 1. The SMILES string of the molecule is CCn1cc(-c2ccc(OC)cc2Cl)c2c1CCN(CC1=Nc3nc(Cl)ccc3C1)C2. The fraction of sp³-hybridized carbons (Fsp3) is 0.333. The van der Waals surface area contributed by atoms with Gasteiger partial charge in [-0.3, -0.25) is 4.90 Å². The summed E-state index contributed by atoms with van der Waals surface area (Å²) in [6.45, 7) is 5.86. The summed E-state index contributed by atoms with van der Waals surface area (Å²) >= 11 is 12.7. The molecule has 2 aliphatic heterocycles. The van der Waals surface area contributed by atoms with Crippen LogP contribution in [0, 0.1) is 0 Å². The Morgan fingerprint density at radius 2 is 2.00 bits per heavy atom. The van der Waals surface area contributed by atoms with E-state index in [1.54, 1.807) is 7.11 Å². The van der Waals surface area contributed by atoms with Crippen LogP contribution in [-0.2, 0) is 25.9 Å². The van der Waals surface area contributed by atoms with Crippen molar-refractivity contribution in [2.75, 3.05) is 20.2 Å². The van der Waals surface area contributed by atoms with Crippen LogP contribution in [0.4, 0.5) is 5.82 Å². The normalized spacial score (nSPS) is 15.5. The molecule has 4 heterocycles. The highest BCUT2D eigenvalue weighted by molar-refractivity contribution is 6.33. The molecule has 0 radical (unpaired) electrons. The quantitative estimate of drug-likeness (QED) is 0.473.